The minimum Gasteiger partial charge on any atom is -0.339 e. The number of benzene rings is 2. The number of aryl methyl sites for hydroxylation is 1. The Morgan fingerprint density at radius 2 is 1.55 bits per heavy atom. The summed E-state index contributed by atoms with van der Waals surface area (Å²) < 4.78 is 16.6. The number of pyridine rings is 1. The van der Waals surface area contributed by atoms with Gasteiger partial charge in [-0.05, 0) is 92.9 Å². The van der Waals surface area contributed by atoms with E-state index in [-0.39, 0.29) is 11.7 Å². The topological polar surface area (TPSA) is 111 Å². The van der Waals surface area contributed by atoms with E-state index >= 15 is 0 Å². The number of nitrogens with zero attached hydrogens (tertiary/aromatic N) is 4. The van der Waals surface area contributed by atoms with Crippen molar-refractivity contribution >= 4 is 23.3 Å². The fourth-order valence-electron chi connectivity index (χ4n) is 5.78. The summed E-state index contributed by atoms with van der Waals surface area (Å²) in [6.45, 7) is 6.36. The molecule has 2 saturated heterocycles. The summed E-state index contributed by atoms with van der Waals surface area (Å²) in [7, 11) is 0. The van der Waals surface area contributed by atoms with Crippen LogP contribution in [-0.2, 0) is 18.1 Å². The molecule has 0 spiro atoms. The highest BCUT2D eigenvalue weighted by atomic mass is 32.1. The monoisotopic (exact) mass is 584 g/mol. The van der Waals surface area contributed by atoms with Crippen LogP contribution in [0.15, 0.2) is 66.9 Å². The summed E-state index contributed by atoms with van der Waals surface area (Å²) in [6, 6.07) is 22.1. The van der Waals surface area contributed by atoms with E-state index in [1.165, 1.54) is 16.7 Å². The van der Waals surface area contributed by atoms with Crippen molar-refractivity contribution in [2.45, 2.75) is 51.5 Å². The first-order valence-electron chi connectivity index (χ1n) is 14.4. The lowest BCUT2D eigenvalue weighted by molar-refractivity contribution is 0.0711. The maximum Gasteiger partial charge on any atom is 0.335 e. The second-order valence-electron chi connectivity index (χ2n) is 11.1. The highest BCUT2D eigenvalue weighted by Gasteiger charge is 2.26. The van der Waals surface area contributed by atoms with Crippen LogP contribution in [0.2, 0.25) is 0 Å². The highest BCUT2D eigenvalue weighted by molar-refractivity contribution is 7.51. The Kier molecular flexibility index (Phi) is 11.3. The molecule has 0 radical (unpaired) electrons. The zero-order chi connectivity index (χ0) is 29.9. The Morgan fingerprint density at radius 1 is 0.905 bits per heavy atom. The lowest BCUT2D eigenvalue weighted by Crippen LogP contribution is -2.38. The molecule has 2 aliphatic rings. The van der Waals surface area contributed by atoms with Crippen LogP contribution in [0.5, 0.6) is 0 Å². The normalized spacial score (nSPS) is 16.1. The maximum atomic E-state index is 13.1. The van der Waals surface area contributed by atoms with Crippen LogP contribution in [-0.4, -0.2) is 61.1 Å². The van der Waals surface area contributed by atoms with Gasteiger partial charge in [0.2, 0.25) is 0 Å². The van der Waals surface area contributed by atoms with E-state index in [1.54, 1.807) is 18.3 Å². The third-order valence-electron chi connectivity index (χ3n) is 8.30. The number of aromatic nitrogens is 1. The second-order valence-corrected chi connectivity index (χ2v) is 11.3. The number of rotatable bonds is 7. The standard InChI is InChI=1S/C33H36N4O2.O2S/c1-24-2-8-28(9-3-24)29-14-18-37(19-15-29)33(39)30-10-11-31(35-22-30)32(38)20-25-12-16-36(17-13-25)23-27-6-4-26(21-34)5-7-27;1-3-2/h2-11,22,25,29H,12-20,23H2,1H3;. The van der Waals surface area contributed by atoms with E-state index in [4.69, 9.17) is 13.7 Å². The van der Waals surface area contributed by atoms with Gasteiger partial charge in [0.1, 0.15) is 5.69 Å². The third kappa shape index (κ3) is 8.51. The number of hydrogen-bond donors (Lipinski definition) is 0. The van der Waals surface area contributed by atoms with E-state index in [1.807, 2.05) is 29.2 Å². The molecule has 0 bridgehead atoms. The summed E-state index contributed by atoms with van der Waals surface area (Å²) >= 11 is -0.750. The first kappa shape index (κ1) is 30.9. The Labute approximate surface area is 251 Å². The van der Waals surface area contributed by atoms with Gasteiger partial charge in [0.05, 0.1) is 17.2 Å². The molecule has 0 aliphatic carbocycles. The quantitative estimate of drug-likeness (QED) is 0.356. The fourth-order valence-corrected chi connectivity index (χ4v) is 5.78. The molecule has 0 saturated carbocycles. The molecule has 0 atom stereocenters. The van der Waals surface area contributed by atoms with Crippen LogP contribution in [0.1, 0.15) is 81.1 Å². The number of piperidine rings is 2. The summed E-state index contributed by atoms with van der Waals surface area (Å²) in [5.74, 6) is 0.903. The average Bonchev–Trinajstić information content (AvgIpc) is 3.03. The zero-order valence-electron chi connectivity index (χ0n) is 23.9. The van der Waals surface area contributed by atoms with Crippen molar-refractivity contribution in [3.8, 4) is 6.07 Å². The number of Topliss-reactive ketones (excluding diaryl/α,β-unsaturated/α-hetero) is 1. The number of carbonyl (C=O) groups is 2. The lowest BCUT2D eigenvalue weighted by Gasteiger charge is -2.32. The predicted molar refractivity (Wildman–Crippen MR) is 160 cm³/mol. The van der Waals surface area contributed by atoms with E-state index in [9.17, 15) is 9.59 Å². The number of amides is 1. The van der Waals surface area contributed by atoms with Gasteiger partial charge in [-0.25, -0.2) is 0 Å². The van der Waals surface area contributed by atoms with Gasteiger partial charge in [-0.1, -0.05) is 42.0 Å². The summed E-state index contributed by atoms with van der Waals surface area (Å²) in [5.41, 5.74) is 5.51. The number of likely N-dealkylation sites (tertiary alicyclic amines) is 2. The van der Waals surface area contributed by atoms with E-state index in [2.05, 4.69) is 47.1 Å². The molecule has 2 aliphatic heterocycles. The largest absolute Gasteiger partial charge is 0.339 e. The van der Waals surface area contributed by atoms with Gasteiger partial charge in [0.15, 0.2) is 5.78 Å². The number of carbonyl (C=O) groups excluding carboxylic acids is 2. The molecular formula is C33H36N4O4S. The maximum absolute atomic E-state index is 13.1. The van der Waals surface area contributed by atoms with E-state index in [0.29, 0.717) is 35.1 Å². The number of ketones is 1. The summed E-state index contributed by atoms with van der Waals surface area (Å²) in [4.78, 5) is 34.7. The molecule has 3 heterocycles. The van der Waals surface area contributed by atoms with Crippen LogP contribution in [0.3, 0.4) is 0 Å². The predicted octanol–water partition coefficient (Wildman–Crippen LogP) is 5.10. The van der Waals surface area contributed by atoms with Crippen LogP contribution in [0, 0.1) is 24.2 Å². The Balaban J connectivity index is 0.00000129. The van der Waals surface area contributed by atoms with Crippen LogP contribution in [0.25, 0.3) is 0 Å². The molecule has 1 amide bonds. The van der Waals surface area contributed by atoms with Crippen molar-refractivity contribution in [3.63, 3.8) is 0 Å². The Hall–Kier alpha value is -4.00. The van der Waals surface area contributed by atoms with Gasteiger partial charge in [-0.2, -0.15) is 13.7 Å². The van der Waals surface area contributed by atoms with Crippen LogP contribution >= 0.6 is 0 Å². The molecule has 8 nitrogen and oxygen atoms in total. The third-order valence-corrected chi connectivity index (χ3v) is 8.30. The highest BCUT2D eigenvalue weighted by Crippen LogP contribution is 2.29. The van der Waals surface area contributed by atoms with Crippen molar-refractivity contribution in [1.29, 1.82) is 5.26 Å². The SMILES string of the molecule is Cc1ccc(C2CCN(C(=O)c3ccc(C(=O)CC4CCN(Cc5ccc(C#N)cc5)CC4)nc3)CC2)cc1.O=S=O. The van der Waals surface area contributed by atoms with Gasteiger partial charge in [0, 0.05) is 32.3 Å². The van der Waals surface area contributed by atoms with E-state index in [0.717, 1.165) is 58.4 Å². The van der Waals surface area contributed by atoms with Gasteiger partial charge in [-0.3, -0.25) is 19.5 Å². The van der Waals surface area contributed by atoms with Gasteiger partial charge in [-0.15, -0.1) is 0 Å². The first-order valence-corrected chi connectivity index (χ1v) is 15.0. The fraction of sp³-hybridized carbons (Fsp3) is 0.394. The molecule has 218 valence electrons. The first-order chi connectivity index (χ1) is 20.4. The van der Waals surface area contributed by atoms with Gasteiger partial charge < -0.3 is 4.90 Å². The van der Waals surface area contributed by atoms with Crippen LogP contribution < -0.4 is 0 Å². The minimum atomic E-state index is -0.750. The van der Waals surface area contributed by atoms with Gasteiger partial charge in [0.25, 0.3) is 5.91 Å². The molecule has 5 rings (SSSR count). The minimum absolute atomic E-state index is 0.00140. The molecule has 3 aromatic rings. The molecule has 9 heteroatoms. The van der Waals surface area contributed by atoms with E-state index < -0.39 is 11.6 Å². The van der Waals surface area contributed by atoms with Crippen molar-refractivity contribution in [1.82, 2.24) is 14.8 Å². The molecular weight excluding hydrogens is 548 g/mol. The van der Waals surface area contributed by atoms with Crippen molar-refractivity contribution in [2.75, 3.05) is 26.2 Å². The van der Waals surface area contributed by atoms with Crippen molar-refractivity contribution in [2.24, 2.45) is 5.92 Å². The molecule has 2 fully saturated rings. The number of nitriles is 1. The molecule has 2 aromatic carbocycles. The van der Waals surface area contributed by atoms with Crippen molar-refractivity contribution < 1.29 is 18.0 Å². The average molecular weight is 585 g/mol. The molecule has 42 heavy (non-hydrogen) atoms. The summed E-state index contributed by atoms with van der Waals surface area (Å²) in [5, 5.41) is 8.96. The van der Waals surface area contributed by atoms with Gasteiger partial charge >= 0.3 is 11.6 Å². The Morgan fingerprint density at radius 3 is 2.12 bits per heavy atom. The molecule has 0 unspecified atom stereocenters. The zero-order valence-corrected chi connectivity index (χ0v) is 24.7. The summed E-state index contributed by atoms with van der Waals surface area (Å²) in [6.07, 6.45) is 5.96. The van der Waals surface area contributed by atoms with Crippen molar-refractivity contribution in [3.05, 3.63) is 100 Å². The smallest absolute Gasteiger partial charge is 0.335 e. The lowest BCUT2D eigenvalue weighted by atomic mass is 9.89. The Bertz CT molecular complexity index is 1410. The van der Waals surface area contributed by atoms with Crippen LogP contribution in [0.4, 0.5) is 0 Å². The second kappa shape index (κ2) is 15.3. The number of hydrogen-bond acceptors (Lipinski definition) is 7. The molecule has 1 aromatic heterocycles. The molecule has 0 N–H and O–H groups in total.